The Morgan fingerprint density at radius 3 is 3.06 bits per heavy atom. The molecule has 0 aliphatic heterocycles. The molecule has 2 N–H and O–H groups in total. The van der Waals surface area contributed by atoms with Crippen molar-refractivity contribution < 1.29 is 14.0 Å². The Balaban J connectivity index is 1.66. The second-order valence-corrected chi connectivity index (χ2v) is 3.72. The number of hydrogen-bond donors (Lipinski definition) is 2. The van der Waals surface area contributed by atoms with Gasteiger partial charge >= 0.3 is 0 Å². The van der Waals surface area contributed by atoms with E-state index in [-0.39, 0.29) is 0 Å². The van der Waals surface area contributed by atoms with Gasteiger partial charge in [0.25, 0.3) is 0 Å². The van der Waals surface area contributed by atoms with Crippen LogP contribution in [-0.4, -0.2) is 28.3 Å². The molecule has 0 saturated heterocycles. The minimum absolute atomic E-state index is 0.431. The van der Waals surface area contributed by atoms with Crippen molar-refractivity contribution in [3.8, 4) is 0 Å². The molecule has 6 heteroatoms. The number of furan rings is 1. The van der Waals surface area contributed by atoms with Crippen LogP contribution < -0.4 is 5.32 Å². The average Bonchev–Trinajstić information content (AvgIpc) is 2.95. The van der Waals surface area contributed by atoms with Crippen LogP contribution in [0.2, 0.25) is 0 Å². The molecular weight excluding hydrogens is 222 g/mol. The zero-order valence-electron chi connectivity index (χ0n) is 9.59. The summed E-state index contributed by atoms with van der Waals surface area (Å²) in [5.74, 6) is 1.80. The molecule has 0 aliphatic carbocycles. The highest BCUT2D eigenvalue weighted by atomic mass is 16.5. The van der Waals surface area contributed by atoms with Gasteiger partial charge in [0.2, 0.25) is 5.89 Å². The van der Waals surface area contributed by atoms with Gasteiger partial charge in [-0.15, -0.1) is 0 Å². The molecule has 0 bridgehead atoms. The van der Waals surface area contributed by atoms with E-state index >= 15 is 0 Å². The maximum atomic E-state index is 9.70. The normalized spacial score (nSPS) is 12.8. The van der Waals surface area contributed by atoms with Crippen molar-refractivity contribution in [2.24, 2.45) is 0 Å². The molecule has 0 aromatic carbocycles. The van der Waals surface area contributed by atoms with Crippen molar-refractivity contribution in [1.82, 2.24) is 15.5 Å². The highest BCUT2D eigenvalue weighted by molar-refractivity contribution is 5.02. The van der Waals surface area contributed by atoms with Crippen LogP contribution >= 0.6 is 0 Å². The van der Waals surface area contributed by atoms with E-state index < -0.39 is 6.10 Å². The Bertz CT molecular complexity index is 439. The monoisotopic (exact) mass is 237 g/mol. The van der Waals surface area contributed by atoms with Gasteiger partial charge in [0.15, 0.2) is 5.82 Å². The summed E-state index contributed by atoms with van der Waals surface area (Å²) in [7, 11) is 0. The molecule has 2 aromatic heterocycles. The fourth-order valence-electron chi connectivity index (χ4n) is 1.46. The van der Waals surface area contributed by atoms with Crippen LogP contribution in [0, 0.1) is 6.92 Å². The van der Waals surface area contributed by atoms with Crippen molar-refractivity contribution in [2.45, 2.75) is 19.4 Å². The maximum absolute atomic E-state index is 9.70. The smallest absolute Gasteiger partial charge is 0.227 e. The van der Waals surface area contributed by atoms with Crippen LogP contribution in [0.25, 0.3) is 0 Å². The molecule has 0 radical (unpaired) electrons. The third-order valence-electron chi connectivity index (χ3n) is 2.29. The summed E-state index contributed by atoms with van der Waals surface area (Å²) >= 11 is 0. The lowest BCUT2D eigenvalue weighted by molar-refractivity contribution is 0.147. The quantitative estimate of drug-likeness (QED) is 0.724. The molecule has 1 atom stereocenters. The van der Waals surface area contributed by atoms with Gasteiger partial charge in [0.05, 0.1) is 6.26 Å². The highest BCUT2D eigenvalue weighted by Gasteiger charge is 2.09. The van der Waals surface area contributed by atoms with E-state index in [4.69, 9.17) is 8.94 Å². The topological polar surface area (TPSA) is 84.3 Å². The molecule has 2 rings (SSSR count). The number of nitrogens with zero attached hydrogens (tertiary/aromatic N) is 2. The fraction of sp³-hybridized carbons (Fsp3) is 0.455. The van der Waals surface area contributed by atoms with Crippen LogP contribution in [0.5, 0.6) is 0 Å². The fourth-order valence-corrected chi connectivity index (χ4v) is 1.46. The van der Waals surface area contributed by atoms with Crippen molar-refractivity contribution >= 4 is 0 Å². The minimum Gasteiger partial charge on any atom is -0.467 e. The Morgan fingerprint density at radius 2 is 2.41 bits per heavy atom. The first-order valence-corrected chi connectivity index (χ1v) is 5.47. The number of rotatable bonds is 6. The number of aryl methyl sites for hydroxylation is 1. The summed E-state index contributed by atoms with van der Waals surface area (Å²) in [5, 5.41) is 16.5. The minimum atomic E-state index is -0.630. The molecular formula is C11H15N3O3. The zero-order valence-corrected chi connectivity index (χ0v) is 9.59. The van der Waals surface area contributed by atoms with E-state index in [0.29, 0.717) is 37.0 Å². The van der Waals surface area contributed by atoms with E-state index in [9.17, 15) is 5.11 Å². The molecule has 92 valence electrons. The molecule has 17 heavy (non-hydrogen) atoms. The van der Waals surface area contributed by atoms with Crippen molar-refractivity contribution in [2.75, 3.05) is 13.1 Å². The largest absolute Gasteiger partial charge is 0.467 e. The van der Waals surface area contributed by atoms with Crippen molar-refractivity contribution in [3.05, 3.63) is 35.9 Å². The maximum Gasteiger partial charge on any atom is 0.227 e. The predicted molar refractivity (Wildman–Crippen MR) is 59.3 cm³/mol. The number of aliphatic hydroxyl groups is 1. The first kappa shape index (κ1) is 11.8. The standard InChI is InChI=1S/C11H15N3O3/c1-8-13-11(17-14-8)4-5-12-7-9(15)10-3-2-6-16-10/h2-3,6,9,12,15H,4-5,7H2,1H3. The molecule has 0 amide bonds. The van der Waals surface area contributed by atoms with Crippen LogP contribution in [-0.2, 0) is 6.42 Å². The third-order valence-corrected chi connectivity index (χ3v) is 2.29. The van der Waals surface area contributed by atoms with Gasteiger partial charge in [0, 0.05) is 19.5 Å². The Labute approximate surface area is 98.6 Å². The summed E-state index contributed by atoms with van der Waals surface area (Å²) in [4.78, 5) is 4.08. The van der Waals surface area contributed by atoms with Crippen molar-refractivity contribution in [3.63, 3.8) is 0 Å². The summed E-state index contributed by atoms with van der Waals surface area (Å²) in [5.41, 5.74) is 0. The molecule has 0 saturated carbocycles. The van der Waals surface area contributed by atoms with E-state index in [1.807, 2.05) is 0 Å². The van der Waals surface area contributed by atoms with Gasteiger partial charge in [0.1, 0.15) is 11.9 Å². The van der Waals surface area contributed by atoms with Gasteiger partial charge in [-0.3, -0.25) is 0 Å². The molecule has 1 unspecified atom stereocenters. The predicted octanol–water partition coefficient (Wildman–Crippen LogP) is 0.837. The second kappa shape index (κ2) is 5.60. The lowest BCUT2D eigenvalue weighted by atomic mass is 10.2. The van der Waals surface area contributed by atoms with E-state index in [1.165, 1.54) is 0 Å². The second-order valence-electron chi connectivity index (χ2n) is 3.72. The molecule has 6 nitrogen and oxygen atoms in total. The van der Waals surface area contributed by atoms with Gasteiger partial charge in [-0.25, -0.2) is 0 Å². The first-order valence-electron chi connectivity index (χ1n) is 5.47. The summed E-state index contributed by atoms with van der Waals surface area (Å²) < 4.78 is 10.0. The average molecular weight is 237 g/mol. The van der Waals surface area contributed by atoms with Crippen LogP contribution in [0.15, 0.2) is 27.3 Å². The van der Waals surface area contributed by atoms with Crippen LogP contribution in [0.3, 0.4) is 0 Å². The van der Waals surface area contributed by atoms with Gasteiger partial charge < -0.3 is 19.4 Å². The van der Waals surface area contributed by atoms with E-state index in [0.717, 1.165) is 0 Å². The summed E-state index contributed by atoms with van der Waals surface area (Å²) in [6.07, 6.45) is 1.56. The first-order chi connectivity index (χ1) is 8.25. The zero-order chi connectivity index (χ0) is 12.1. The summed E-state index contributed by atoms with van der Waals surface area (Å²) in [6.45, 7) is 2.88. The molecule has 0 aliphatic rings. The molecule has 2 heterocycles. The van der Waals surface area contributed by atoms with Gasteiger partial charge in [-0.2, -0.15) is 4.98 Å². The number of hydrogen-bond acceptors (Lipinski definition) is 6. The number of nitrogens with one attached hydrogen (secondary N) is 1. The van der Waals surface area contributed by atoms with Gasteiger partial charge in [-0.05, 0) is 19.1 Å². The highest BCUT2D eigenvalue weighted by Crippen LogP contribution is 2.11. The SMILES string of the molecule is Cc1noc(CCNCC(O)c2ccco2)n1. The molecule has 0 spiro atoms. The molecule has 2 aromatic rings. The van der Waals surface area contributed by atoms with E-state index in [2.05, 4.69) is 15.5 Å². The van der Waals surface area contributed by atoms with Crippen LogP contribution in [0.1, 0.15) is 23.6 Å². The lowest BCUT2D eigenvalue weighted by Crippen LogP contribution is -2.23. The summed E-state index contributed by atoms with van der Waals surface area (Å²) in [6, 6.07) is 3.49. The van der Waals surface area contributed by atoms with E-state index in [1.54, 1.807) is 25.3 Å². The van der Waals surface area contributed by atoms with Gasteiger partial charge in [-0.1, -0.05) is 5.16 Å². The lowest BCUT2D eigenvalue weighted by Gasteiger charge is -2.08. The Kier molecular flexibility index (Phi) is 3.89. The third kappa shape index (κ3) is 3.40. The number of aromatic nitrogens is 2. The Hall–Kier alpha value is -1.66. The van der Waals surface area contributed by atoms with Crippen molar-refractivity contribution in [1.29, 1.82) is 0 Å². The number of aliphatic hydroxyl groups excluding tert-OH is 1. The van der Waals surface area contributed by atoms with Crippen LogP contribution in [0.4, 0.5) is 0 Å². The molecule has 0 fully saturated rings. The Morgan fingerprint density at radius 1 is 1.53 bits per heavy atom.